The van der Waals surface area contributed by atoms with E-state index < -0.39 is 0 Å². The lowest BCUT2D eigenvalue weighted by atomic mass is 10.2. The van der Waals surface area contributed by atoms with Gasteiger partial charge in [0.1, 0.15) is 5.75 Å². The van der Waals surface area contributed by atoms with E-state index in [1.165, 1.54) is 11.8 Å². The van der Waals surface area contributed by atoms with E-state index in [1.54, 1.807) is 11.8 Å². The van der Waals surface area contributed by atoms with Crippen molar-refractivity contribution in [3.8, 4) is 11.4 Å². The number of hydrogen-bond donors (Lipinski definition) is 1. The number of tetrazole rings is 1. The zero-order valence-electron chi connectivity index (χ0n) is 14.1. The third kappa shape index (κ3) is 4.52. The largest absolute Gasteiger partial charge is 0.497 e. The minimum atomic E-state index is -0.108. The van der Waals surface area contributed by atoms with Crippen LogP contribution in [-0.4, -0.2) is 39.0 Å². The molecule has 1 aromatic heterocycles. The van der Waals surface area contributed by atoms with Gasteiger partial charge in [-0.15, -0.1) is 5.10 Å². The molecule has 2 aromatic carbocycles. The molecule has 0 saturated carbocycles. The molecule has 3 aromatic rings. The van der Waals surface area contributed by atoms with E-state index in [2.05, 4.69) is 43.4 Å². The highest BCUT2D eigenvalue weighted by Crippen LogP contribution is 2.22. The number of thioether (sulfide) groups is 1. The minimum absolute atomic E-state index is 0.108. The van der Waals surface area contributed by atoms with Crippen LogP contribution in [0.2, 0.25) is 0 Å². The van der Waals surface area contributed by atoms with Crippen LogP contribution in [-0.2, 0) is 4.79 Å². The van der Waals surface area contributed by atoms with Crippen molar-refractivity contribution in [2.75, 3.05) is 18.2 Å². The molecular weight excluding hydrogens is 465 g/mol. The lowest BCUT2D eigenvalue weighted by molar-refractivity contribution is -0.113. The van der Waals surface area contributed by atoms with Gasteiger partial charge in [0.15, 0.2) is 0 Å². The molecule has 0 unspecified atom stereocenters. The fraction of sp³-hybridized carbons (Fsp3) is 0.176. The van der Waals surface area contributed by atoms with E-state index in [4.69, 9.17) is 4.74 Å². The van der Waals surface area contributed by atoms with Crippen LogP contribution in [0.1, 0.15) is 5.56 Å². The van der Waals surface area contributed by atoms with Crippen molar-refractivity contribution in [3.63, 3.8) is 0 Å². The molecule has 0 aliphatic heterocycles. The minimum Gasteiger partial charge on any atom is -0.497 e. The summed E-state index contributed by atoms with van der Waals surface area (Å²) >= 11 is 3.52. The number of carbonyl (C=O) groups is 1. The van der Waals surface area contributed by atoms with E-state index >= 15 is 0 Å². The van der Waals surface area contributed by atoms with Crippen LogP contribution in [0.25, 0.3) is 5.69 Å². The van der Waals surface area contributed by atoms with Crippen molar-refractivity contribution in [3.05, 3.63) is 51.6 Å². The van der Waals surface area contributed by atoms with Gasteiger partial charge in [0.05, 0.1) is 18.6 Å². The number of aromatic nitrogens is 4. The first-order valence-corrected chi connectivity index (χ1v) is 9.75. The average molecular weight is 481 g/mol. The molecule has 0 radical (unpaired) electrons. The first-order chi connectivity index (χ1) is 12.6. The number of benzene rings is 2. The summed E-state index contributed by atoms with van der Waals surface area (Å²) in [7, 11) is 1.61. The fourth-order valence-corrected chi connectivity index (χ4v) is 3.58. The van der Waals surface area contributed by atoms with Crippen LogP contribution >= 0.6 is 34.4 Å². The van der Waals surface area contributed by atoms with Crippen molar-refractivity contribution < 1.29 is 9.53 Å². The zero-order chi connectivity index (χ0) is 18.5. The summed E-state index contributed by atoms with van der Waals surface area (Å²) in [6.07, 6.45) is 0. The number of nitrogens with one attached hydrogen (secondary N) is 1. The standard InChI is InChI=1S/C17H16IN5O2S/c1-11-9-12(18)3-8-15(11)19-16(24)10-26-17-20-21-22-23(17)13-4-6-14(25-2)7-5-13/h3-9H,10H2,1-2H3,(H,19,24). The number of hydrogen-bond acceptors (Lipinski definition) is 6. The normalized spacial score (nSPS) is 10.6. The number of nitrogens with zero attached hydrogens (tertiary/aromatic N) is 4. The molecule has 1 amide bonds. The van der Waals surface area contributed by atoms with Crippen molar-refractivity contribution in [2.24, 2.45) is 0 Å². The summed E-state index contributed by atoms with van der Waals surface area (Å²) in [4.78, 5) is 12.2. The van der Waals surface area contributed by atoms with Gasteiger partial charge in [-0.2, -0.15) is 4.68 Å². The third-order valence-corrected chi connectivity index (χ3v) is 5.14. The maximum absolute atomic E-state index is 12.2. The lowest BCUT2D eigenvalue weighted by Crippen LogP contribution is -2.15. The first kappa shape index (κ1) is 18.6. The van der Waals surface area contributed by atoms with Gasteiger partial charge in [0, 0.05) is 9.26 Å². The second-order valence-corrected chi connectivity index (χ2v) is 7.56. The number of carbonyl (C=O) groups excluding carboxylic acids is 1. The molecule has 134 valence electrons. The Hall–Kier alpha value is -2.14. The van der Waals surface area contributed by atoms with Gasteiger partial charge < -0.3 is 10.1 Å². The summed E-state index contributed by atoms with van der Waals surface area (Å²) < 4.78 is 7.87. The topological polar surface area (TPSA) is 81.9 Å². The van der Waals surface area contributed by atoms with Gasteiger partial charge in [-0.05, 0) is 88.0 Å². The van der Waals surface area contributed by atoms with Gasteiger partial charge in [0.25, 0.3) is 0 Å². The third-order valence-electron chi connectivity index (χ3n) is 3.55. The van der Waals surface area contributed by atoms with Crippen LogP contribution in [0.15, 0.2) is 47.6 Å². The number of methoxy groups -OCH3 is 1. The molecule has 0 atom stereocenters. The molecule has 0 aliphatic rings. The molecular formula is C17H16IN5O2S. The van der Waals surface area contributed by atoms with E-state index in [0.29, 0.717) is 5.16 Å². The second kappa shape index (κ2) is 8.49. The molecule has 7 nitrogen and oxygen atoms in total. The lowest BCUT2D eigenvalue weighted by Gasteiger charge is -2.09. The van der Waals surface area contributed by atoms with E-state index in [9.17, 15) is 4.79 Å². The molecule has 0 fully saturated rings. The summed E-state index contributed by atoms with van der Waals surface area (Å²) in [6.45, 7) is 1.97. The predicted molar refractivity (Wildman–Crippen MR) is 109 cm³/mol. The Kier molecular flexibility index (Phi) is 6.09. The van der Waals surface area contributed by atoms with E-state index in [1.807, 2.05) is 49.4 Å². The first-order valence-electron chi connectivity index (χ1n) is 7.68. The number of halogens is 1. The zero-order valence-corrected chi connectivity index (χ0v) is 17.1. The highest BCUT2D eigenvalue weighted by atomic mass is 127. The van der Waals surface area contributed by atoms with E-state index in [0.717, 1.165) is 26.3 Å². The summed E-state index contributed by atoms with van der Waals surface area (Å²) in [6, 6.07) is 13.3. The Morgan fingerprint density at radius 3 is 2.73 bits per heavy atom. The Labute approximate surface area is 168 Å². The van der Waals surface area contributed by atoms with Crippen LogP contribution in [0, 0.1) is 10.5 Å². The monoisotopic (exact) mass is 481 g/mol. The maximum Gasteiger partial charge on any atom is 0.234 e. The van der Waals surface area contributed by atoms with Gasteiger partial charge in [-0.25, -0.2) is 0 Å². The number of ether oxygens (including phenoxy) is 1. The summed E-state index contributed by atoms with van der Waals surface area (Å²) in [5.41, 5.74) is 2.64. The SMILES string of the molecule is COc1ccc(-n2nnnc2SCC(=O)Nc2ccc(I)cc2C)cc1. The molecule has 3 rings (SSSR count). The Bertz CT molecular complexity index is 914. The Balaban J connectivity index is 1.64. The van der Waals surface area contributed by atoms with Gasteiger partial charge in [-0.1, -0.05) is 11.8 Å². The van der Waals surface area contributed by atoms with Crippen molar-refractivity contribution in [2.45, 2.75) is 12.1 Å². The van der Waals surface area contributed by atoms with Crippen molar-refractivity contribution in [1.29, 1.82) is 0 Å². The van der Waals surface area contributed by atoms with Gasteiger partial charge in [0.2, 0.25) is 11.1 Å². The van der Waals surface area contributed by atoms with Crippen molar-refractivity contribution in [1.82, 2.24) is 20.2 Å². The van der Waals surface area contributed by atoms with Crippen LogP contribution in [0.4, 0.5) is 5.69 Å². The average Bonchev–Trinajstić information content (AvgIpc) is 3.11. The number of amides is 1. The molecule has 1 N–H and O–H groups in total. The molecule has 26 heavy (non-hydrogen) atoms. The van der Waals surface area contributed by atoms with Crippen LogP contribution < -0.4 is 10.1 Å². The predicted octanol–water partition coefficient (Wildman–Crippen LogP) is 3.31. The van der Waals surface area contributed by atoms with Crippen LogP contribution in [0.5, 0.6) is 5.75 Å². The quantitative estimate of drug-likeness (QED) is 0.430. The second-order valence-electron chi connectivity index (χ2n) is 5.37. The van der Waals surface area contributed by atoms with E-state index in [-0.39, 0.29) is 11.7 Å². The molecule has 1 heterocycles. The highest BCUT2D eigenvalue weighted by Gasteiger charge is 2.12. The van der Waals surface area contributed by atoms with Gasteiger partial charge in [-0.3, -0.25) is 4.79 Å². The Morgan fingerprint density at radius 1 is 1.27 bits per heavy atom. The molecule has 0 saturated heterocycles. The molecule has 0 spiro atoms. The Morgan fingerprint density at radius 2 is 2.04 bits per heavy atom. The van der Waals surface area contributed by atoms with Crippen LogP contribution in [0.3, 0.4) is 0 Å². The summed E-state index contributed by atoms with van der Waals surface area (Å²) in [5, 5.41) is 15.2. The molecule has 9 heteroatoms. The van der Waals surface area contributed by atoms with Crippen molar-refractivity contribution >= 4 is 45.9 Å². The maximum atomic E-state index is 12.2. The smallest absolute Gasteiger partial charge is 0.234 e. The highest BCUT2D eigenvalue weighted by molar-refractivity contribution is 14.1. The summed E-state index contributed by atoms with van der Waals surface area (Å²) in [5.74, 6) is 0.856. The fourth-order valence-electron chi connectivity index (χ4n) is 2.24. The van der Waals surface area contributed by atoms with Gasteiger partial charge >= 0.3 is 0 Å². The number of rotatable bonds is 6. The number of anilines is 1. The molecule has 0 aliphatic carbocycles. The number of aryl methyl sites for hydroxylation is 1. The molecule has 0 bridgehead atoms.